The van der Waals surface area contributed by atoms with Crippen LogP contribution in [-0.4, -0.2) is 58.9 Å². The van der Waals surface area contributed by atoms with E-state index in [0.29, 0.717) is 25.9 Å². The molecule has 0 bridgehead atoms. The highest BCUT2D eigenvalue weighted by atomic mass is 16.4. The minimum atomic E-state index is -1.20. The molecule has 1 N–H and O–H groups in total. The highest BCUT2D eigenvalue weighted by Crippen LogP contribution is 2.22. The van der Waals surface area contributed by atoms with Crippen LogP contribution >= 0.6 is 0 Å². The maximum absolute atomic E-state index is 12.3. The van der Waals surface area contributed by atoms with E-state index >= 15 is 0 Å². The third-order valence-corrected chi connectivity index (χ3v) is 4.28. The van der Waals surface area contributed by atoms with Crippen LogP contribution in [0.15, 0.2) is 16.5 Å². The third kappa shape index (κ3) is 3.72. The quantitative estimate of drug-likeness (QED) is 0.911. The standard InChI is InChI=1S/C16H22N2O5/c1-10(2)17(3)14(19)11-6-8-18(9-7-11)15(20)12-4-5-13(23-12)16(21)22/h4-5,10-11H,6-9H2,1-3H3,(H,21,22). The van der Waals surface area contributed by atoms with Gasteiger partial charge in [0.1, 0.15) is 0 Å². The highest BCUT2D eigenvalue weighted by molar-refractivity contribution is 5.93. The van der Waals surface area contributed by atoms with E-state index in [1.165, 1.54) is 12.1 Å². The van der Waals surface area contributed by atoms with Crippen molar-refractivity contribution in [2.45, 2.75) is 32.7 Å². The Balaban J connectivity index is 1.94. The maximum Gasteiger partial charge on any atom is 0.371 e. The Morgan fingerprint density at radius 1 is 1.22 bits per heavy atom. The summed E-state index contributed by atoms with van der Waals surface area (Å²) in [5, 5.41) is 8.82. The zero-order chi connectivity index (χ0) is 17.1. The van der Waals surface area contributed by atoms with Crippen LogP contribution in [0.25, 0.3) is 0 Å². The molecule has 2 rings (SSSR count). The monoisotopic (exact) mass is 322 g/mol. The molecule has 1 saturated heterocycles. The summed E-state index contributed by atoms with van der Waals surface area (Å²) in [4.78, 5) is 38.7. The largest absolute Gasteiger partial charge is 0.475 e. The van der Waals surface area contributed by atoms with Crippen molar-refractivity contribution in [1.29, 1.82) is 0 Å². The first-order chi connectivity index (χ1) is 10.8. The highest BCUT2D eigenvalue weighted by Gasteiger charge is 2.31. The van der Waals surface area contributed by atoms with Crippen molar-refractivity contribution in [2.75, 3.05) is 20.1 Å². The number of likely N-dealkylation sites (tertiary alicyclic amines) is 1. The molecule has 7 nitrogen and oxygen atoms in total. The van der Waals surface area contributed by atoms with Crippen molar-refractivity contribution in [1.82, 2.24) is 9.80 Å². The van der Waals surface area contributed by atoms with Crippen LogP contribution in [0.1, 0.15) is 47.8 Å². The molecule has 1 aliphatic heterocycles. The molecule has 23 heavy (non-hydrogen) atoms. The van der Waals surface area contributed by atoms with E-state index in [2.05, 4.69) is 0 Å². The number of piperidine rings is 1. The first-order valence-corrected chi connectivity index (χ1v) is 7.70. The van der Waals surface area contributed by atoms with Crippen LogP contribution in [0, 0.1) is 5.92 Å². The molecule has 126 valence electrons. The molecule has 1 aliphatic rings. The van der Waals surface area contributed by atoms with Crippen molar-refractivity contribution < 1.29 is 23.9 Å². The fourth-order valence-corrected chi connectivity index (χ4v) is 2.60. The summed E-state index contributed by atoms with van der Waals surface area (Å²) in [6.07, 6.45) is 1.21. The molecule has 1 aromatic heterocycles. The summed E-state index contributed by atoms with van der Waals surface area (Å²) < 4.78 is 5.04. The van der Waals surface area contributed by atoms with Gasteiger partial charge in [0.25, 0.3) is 5.91 Å². The van der Waals surface area contributed by atoms with Crippen molar-refractivity contribution in [3.63, 3.8) is 0 Å². The smallest absolute Gasteiger partial charge is 0.371 e. The number of hydrogen-bond donors (Lipinski definition) is 1. The lowest BCUT2D eigenvalue weighted by molar-refractivity contribution is -0.137. The van der Waals surface area contributed by atoms with Crippen molar-refractivity contribution >= 4 is 17.8 Å². The second-order valence-electron chi connectivity index (χ2n) is 6.08. The Morgan fingerprint density at radius 2 is 1.78 bits per heavy atom. The Morgan fingerprint density at radius 3 is 2.26 bits per heavy atom. The molecule has 2 amide bonds. The molecule has 0 saturated carbocycles. The summed E-state index contributed by atoms with van der Waals surface area (Å²) in [7, 11) is 1.79. The van der Waals surface area contributed by atoms with Crippen LogP contribution in [0.4, 0.5) is 0 Å². The second-order valence-corrected chi connectivity index (χ2v) is 6.08. The minimum absolute atomic E-state index is 0.0199. The molecule has 0 atom stereocenters. The van der Waals surface area contributed by atoms with Gasteiger partial charge in [-0.05, 0) is 38.8 Å². The molecule has 0 unspecified atom stereocenters. The van der Waals surface area contributed by atoms with E-state index in [1.807, 2.05) is 13.8 Å². The number of furan rings is 1. The molecular weight excluding hydrogens is 300 g/mol. The summed E-state index contributed by atoms with van der Waals surface area (Å²) in [5.74, 6) is -1.73. The van der Waals surface area contributed by atoms with Crippen LogP contribution in [0.2, 0.25) is 0 Å². The Kier molecular flexibility index (Phi) is 5.08. The summed E-state index contributed by atoms with van der Waals surface area (Å²) in [5.41, 5.74) is 0. The molecule has 1 aromatic rings. The van der Waals surface area contributed by atoms with Crippen molar-refractivity contribution in [2.24, 2.45) is 5.92 Å². The normalized spacial score (nSPS) is 15.7. The van der Waals surface area contributed by atoms with Gasteiger partial charge < -0.3 is 19.3 Å². The topological polar surface area (TPSA) is 91.1 Å². The molecule has 0 aliphatic carbocycles. The average molecular weight is 322 g/mol. The lowest BCUT2D eigenvalue weighted by Crippen LogP contribution is -2.45. The average Bonchev–Trinajstić information content (AvgIpc) is 3.03. The summed E-state index contributed by atoms with van der Waals surface area (Å²) in [6.45, 7) is 4.86. The SMILES string of the molecule is CC(C)N(C)C(=O)C1CCN(C(=O)c2ccc(C(=O)O)o2)CC1. The lowest BCUT2D eigenvalue weighted by atomic mass is 9.95. The zero-order valence-corrected chi connectivity index (χ0v) is 13.6. The van der Waals surface area contributed by atoms with Gasteiger partial charge in [-0.15, -0.1) is 0 Å². The van der Waals surface area contributed by atoms with Gasteiger partial charge in [-0.25, -0.2) is 4.79 Å². The van der Waals surface area contributed by atoms with Crippen molar-refractivity contribution in [3.8, 4) is 0 Å². The number of aromatic carboxylic acids is 1. The Bertz CT molecular complexity index is 599. The van der Waals surface area contributed by atoms with E-state index in [0.717, 1.165) is 0 Å². The van der Waals surface area contributed by atoms with Gasteiger partial charge in [-0.2, -0.15) is 0 Å². The Hall–Kier alpha value is -2.31. The molecular formula is C16H22N2O5. The van der Waals surface area contributed by atoms with Crippen LogP contribution in [0.5, 0.6) is 0 Å². The number of carboxylic acids is 1. The lowest BCUT2D eigenvalue weighted by Gasteiger charge is -2.33. The van der Waals surface area contributed by atoms with Gasteiger partial charge >= 0.3 is 5.97 Å². The Labute approximate surface area is 134 Å². The molecule has 0 radical (unpaired) electrons. The number of carbonyl (C=O) groups is 3. The van der Waals surface area contributed by atoms with E-state index in [9.17, 15) is 14.4 Å². The van der Waals surface area contributed by atoms with E-state index in [4.69, 9.17) is 9.52 Å². The fraction of sp³-hybridized carbons (Fsp3) is 0.562. The molecule has 0 spiro atoms. The number of carbonyl (C=O) groups excluding carboxylic acids is 2. The number of amides is 2. The van der Waals surface area contributed by atoms with E-state index in [-0.39, 0.29) is 35.3 Å². The third-order valence-electron chi connectivity index (χ3n) is 4.28. The van der Waals surface area contributed by atoms with Crippen LogP contribution < -0.4 is 0 Å². The first-order valence-electron chi connectivity index (χ1n) is 7.70. The number of hydrogen-bond acceptors (Lipinski definition) is 4. The minimum Gasteiger partial charge on any atom is -0.475 e. The molecule has 7 heteroatoms. The molecule has 1 fully saturated rings. The summed E-state index contributed by atoms with van der Waals surface area (Å²) in [6, 6.07) is 2.79. The van der Waals surface area contributed by atoms with E-state index in [1.54, 1.807) is 16.8 Å². The van der Waals surface area contributed by atoms with Gasteiger partial charge in [0, 0.05) is 32.1 Å². The number of nitrogens with zero attached hydrogens (tertiary/aromatic N) is 2. The first kappa shape index (κ1) is 17.1. The molecule has 0 aromatic carbocycles. The zero-order valence-electron chi connectivity index (χ0n) is 13.6. The number of rotatable bonds is 4. The number of carboxylic acid groups (broad SMARTS) is 1. The van der Waals surface area contributed by atoms with Gasteiger partial charge in [0.2, 0.25) is 11.7 Å². The summed E-state index contributed by atoms with van der Waals surface area (Å²) >= 11 is 0. The fourth-order valence-electron chi connectivity index (χ4n) is 2.60. The predicted molar refractivity (Wildman–Crippen MR) is 82.2 cm³/mol. The van der Waals surface area contributed by atoms with Crippen LogP contribution in [-0.2, 0) is 4.79 Å². The second kappa shape index (κ2) is 6.85. The van der Waals surface area contributed by atoms with Crippen LogP contribution in [0.3, 0.4) is 0 Å². The molecule has 2 heterocycles. The van der Waals surface area contributed by atoms with Gasteiger partial charge in [0.05, 0.1) is 0 Å². The van der Waals surface area contributed by atoms with Gasteiger partial charge in [-0.1, -0.05) is 0 Å². The predicted octanol–water partition coefficient (Wildman–Crippen LogP) is 1.70. The van der Waals surface area contributed by atoms with E-state index < -0.39 is 5.97 Å². The van der Waals surface area contributed by atoms with Crippen molar-refractivity contribution in [3.05, 3.63) is 23.7 Å². The van der Waals surface area contributed by atoms with Gasteiger partial charge in [0.15, 0.2) is 5.76 Å². The van der Waals surface area contributed by atoms with Gasteiger partial charge in [-0.3, -0.25) is 9.59 Å². The maximum atomic E-state index is 12.3.